The van der Waals surface area contributed by atoms with Crippen LogP contribution in [0.2, 0.25) is 0 Å². The molecule has 1 N–H and O–H groups in total. The average molecular weight is 380 g/mol. The first-order valence-electron chi connectivity index (χ1n) is 9.70. The normalized spacial score (nSPS) is 32.1. The van der Waals surface area contributed by atoms with E-state index in [1.165, 1.54) is 0 Å². The van der Waals surface area contributed by atoms with Crippen LogP contribution in [0, 0.1) is 11.8 Å². The number of likely N-dealkylation sites (tertiary alicyclic amines) is 1. The van der Waals surface area contributed by atoms with Crippen molar-refractivity contribution in [3.05, 3.63) is 29.8 Å². The number of nitrogens with zero attached hydrogens (tertiary/aromatic N) is 1. The molecule has 148 valence electrons. The molecule has 0 saturated carbocycles. The second kappa shape index (κ2) is 7.36. The number of ether oxygens (including phenoxy) is 2. The Morgan fingerprint density at radius 3 is 3.11 bits per heavy atom. The molecule has 0 radical (unpaired) electrons. The smallest absolute Gasteiger partial charge is 0.387 e. The van der Waals surface area contributed by atoms with Gasteiger partial charge in [0, 0.05) is 44.4 Å². The van der Waals surface area contributed by atoms with Crippen LogP contribution in [0.1, 0.15) is 31.7 Å². The van der Waals surface area contributed by atoms with E-state index in [1.807, 2.05) is 13.0 Å². The summed E-state index contributed by atoms with van der Waals surface area (Å²) in [7, 11) is 0. The summed E-state index contributed by atoms with van der Waals surface area (Å²) in [6, 6.07) is 6.90. The quantitative estimate of drug-likeness (QED) is 0.790. The van der Waals surface area contributed by atoms with Crippen molar-refractivity contribution in [2.45, 2.75) is 51.0 Å². The van der Waals surface area contributed by atoms with Crippen molar-refractivity contribution >= 4 is 5.91 Å². The molecule has 1 aromatic rings. The number of hydrogen-bond donors (Lipinski definition) is 1. The molecule has 2 bridgehead atoms. The maximum absolute atomic E-state index is 12.4. The second-order valence-corrected chi connectivity index (χ2v) is 7.88. The summed E-state index contributed by atoms with van der Waals surface area (Å²) in [6.45, 7) is 2.16. The topological polar surface area (TPSA) is 50.8 Å². The Morgan fingerprint density at radius 1 is 1.48 bits per heavy atom. The lowest BCUT2D eigenvalue weighted by Crippen LogP contribution is -2.41. The van der Waals surface area contributed by atoms with E-state index in [9.17, 15) is 13.6 Å². The molecule has 3 aliphatic rings. The van der Waals surface area contributed by atoms with Crippen molar-refractivity contribution in [3.63, 3.8) is 0 Å². The van der Waals surface area contributed by atoms with Crippen LogP contribution in [0.5, 0.6) is 5.75 Å². The Labute approximate surface area is 158 Å². The Bertz CT molecular complexity index is 702. The van der Waals surface area contributed by atoms with E-state index >= 15 is 0 Å². The first-order valence-corrected chi connectivity index (χ1v) is 9.70. The predicted octanol–water partition coefficient (Wildman–Crippen LogP) is 2.79. The monoisotopic (exact) mass is 380 g/mol. The van der Waals surface area contributed by atoms with Crippen molar-refractivity contribution in [1.29, 1.82) is 0 Å². The highest BCUT2D eigenvalue weighted by atomic mass is 19.3. The minimum absolute atomic E-state index is 0.0810. The fourth-order valence-electron chi connectivity index (χ4n) is 5.12. The molecule has 1 spiro atoms. The number of fused-ring (bicyclic) bond motifs is 1. The van der Waals surface area contributed by atoms with Gasteiger partial charge in [0.1, 0.15) is 5.75 Å². The number of alkyl halides is 2. The van der Waals surface area contributed by atoms with Crippen molar-refractivity contribution in [1.82, 2.24) is 10.2 Å². The van der Waals surface area contributed by atoms with E-state index < -0.39 is 6.61 Å². The van der Waals surface area contributed by atoms with Gasteiger partial charge in [-0.3, -0.25) is 9.69 Å². The lowest BCUT2D eigenvalue weighted by atomic mass is 9.73. The maximum Gasteiger partial charge on any atom is 0.387 e. The van der Waals surface area contributed by atoms with Gasteiger partial charge in [-0.05, 0) is 30.5 Å². The Hall–Kier alpha value is -1.73. The van der Waals surface area contributed by atoms with E-state index in [0.29, 0.717) is 31.3 Å². The molecule has 3 saturated heterocycles. The van der Waals surface area contributed by atoms with E-state index in [4.69, 9.17) is 4.74 Å². The minimum Gasteiger partial charge on any atom is -0.435 e. The molecule has 0 aliphatic carbocycles. The van der Waals surface area contributed by atoms with Crippen LogP contribution < -0.4 is 10.1 Å². The van der Waals surface area contributed by atoms with Crippen LogP contribution in [-0.2, 0) is 16.1 Å². The predicted molar refractivity (Wildman–Crippen MR) is 95.5 cm³/mol. The molecule has 3 fully saturated rings. The molecule has 1 aromatic carbocycles. The summed E-state index contributed by atoms with van der Waals surface area (Å²) < 4.78 is 35.8. The number of halogens is 2. The summed E-state index contributed by atoms with van der Waals surface area (Å²) in [5.41, 5.74) is 0.846. The van der Waals surface area contributed by atoms with Crippen molar-refractivity contribution in [2.75, 3.05) is 19.6 Å². The van der Waals surface area contributed by atoms with Crippen molar-refractivity contribution in [3.8, 4) is 5.75 Å². The van der Waals surface area contributed by atoms with Gasteiger partial charge in [0.25, 0.3) is 0 Å². The average Bonchev–Trinajstić information content (AvgIpc) is 3.27. The van der Waals surface area contributed by atoms with Crippen LogP contribution in [0.3, 0.4) is 0 Å². The zero-order valence-electron chi connectivity index (χ0n) is 15.5. The lowest BCUT2D eigenvalue weighted by Gasteiger charge is -2.29. The van der Waals surface area contributed by atoms with Crippen LogP contribution in [0.25, 0.3) is 0 Å². The third kappa shape index (κ3) is 3.67. The SMILES string of the molecule is CCC(=O)NC[C@H]1[C@H]2CN(Cc3cccc(OC(F)F)c3)C[C@]23CC[C@H]1O3. The summed E-state index contributed by atoms with van der Waals surface area (Å²) in [5, 5.41) is 3.03. The van der Waals surface area contributed by atoms with E-state index in [0.717, 1.165) is 31.5 Å². The fraction of sp³-hybridized carbons (Fsp3) is 0.650. The summed E-state index contributed by atoms with van der Waals surface area (Å²) >= 11 is 0. The van der Waals surface area contributed by atoms with Gasteiger partial charge in [-0.1, -0.05) is 19.1 Å². The number of amides is 1. The van der Waals surface area contributed by atoms with Crippen molar-refractivity contribution < 1.29 is 23.0 Å². The van der Waals surface area contributed by atoms with Gasteiger partial charge in [0.2, 0.25) is 5.91 Å². The van der Waals surface area contributed by atoms with Gasteiger partial charge in [0.05, 0.1) is 11.7 Å². The van der Waals surface area contributed by atoms with Gasteiger partial charge in [-0.2, -0.15) is 8.78 Å². The van der Waals surface area contributed by atoms with Crippen LogP contribution in [-0.4, -0.2) is 48.8 Å². The number of rotatable bonds is 7. The number of hydrogen-bond acceptors (Lipinski definition) is 4. The standard InChI is InChI=1S/C20H26F2N2O3/c1-2-18(25)23-9-15-16-11-24(12-20(16)7-6-17(15)27-20)10-13-4-3-5-14(8-13)26-19(21)22/h3-5,8,15-17,19H,2,6-7,9-12H2,1H3,(H,23,25)/t15-,16+,17+,20+/m0/s1. The number of nitrogens with one attached hydrogen (secondary N) is 1. The van der Waals surface area contributed by atoms with Crippen LogP contribution in [0.4, 0.5) is 8.78 Å². The number of carbonyl (C=O) groups excluding carboxylic acids is 1. The van der Waals surface area contributed by atoms with Crippen LogP contribution in [0.15, 0.2) is 24.3 Å². The zero-order chi connectivity index (χ0) is 19.0. The zero-order valence-corrected chi connectivity index (χ0v) is 15.5. The van der Waals surface area contributed by atoms with E-state index in [1.54, 1.807) is 18.2 Å². The Morgan fingerprint density at radius 2 is 2.33 bits per heavy atom. The molecule has 0 aromatic heterocycles. The number of benzene rings is 1. The fourth-order valence-corrected chi connectivity index (χ4v) is 5.12. The molecule has 0 unspecified atom stereocenters. The molecule has 3 aliphatic heterocycles. The molecule has 5 nitrogen and oxygen atoms in total. The van der Waals surface area contributed by atoms with E-state index in [2.05, 4.69) is 15.0 Å². The molecular formula is C20H26F2N2O3. The van der Waals surface area contributed by atoms with Gasteiger partial charge in [-0.15, -0.1) is 0 Å². The molecule has 1 amide bonds. The van der Waals surface area contributed by atoms with E-state index in [-0.39, 0.29) is 23.4 Å². The van der Waals surface area contributed by atoms with Gasteiger partial charge < -0.3 is 14.8 Å². The number of carbonyl (C=O) groups is 1. The van der Waals surface area contributed by atoms with Crippen molar-refractivity contribution in [2.24, 2.45) is 11.8 Å². The van der Waals surface area contributed by atoms with Gasteiger partial charge >= 0.3 is 6.61 Å². The molecule has 27 heavy (non-hydrogen) atoms. The first kappa shape index (κ1) is 18.6. The molecule has 3 heterocycles. The van der Waals surface area contributed by atoms with Crippen LogP contribution >= 0.6 is 0 Å². The molecular weight excluding hydrogens is 354 g/mol. The Balaban J connectivity index is 1.41. The molecule has 4 rings (SSSR count). The highest BCUT2D eigenvalue weighted by Gasteiger charge is 2.62. The highest BCUT2D eigenvalue weighted by Crippen LogP contribution is 2.54. The Kier molecular flexibility index (Phi) is 5.07. The third-order valence-corrected chi connectivity index (χ3v) is 6.24. The minimum atomic E-state index is -2.81. The van der Waals surface area contributed by atoms with Gasteiger partial charge in [-0.25, -0.2) is 0 Å². The largest absolute Gasteiger partial charge is 0.435 e. The summed E-state index contributed by atoms with van der Waals surface area (Å²) in [5.74, 6) is 1.04. The second-order valence-electron chi connectivity index (χ2n) is 7.88. The first-order chi connectivity index (χ1) is 13.0. The highest BCUT2D eigenvalue weighted by molar-refractivity contribution is 5.75. The maximum atomic E-state index is 12.4. The van der Waals surface area contributed by atoms with Gasteiger partial charge in [0.15, 0.2) is 0 Å². The summed E-state index contributed by atoms with van der Waals surface area (Å²) in [6.07, 6.45) is 2.86. The lowest BCUT2D eigenvalue weighted by molar-refractivity contribution is -0.121. The molecule has 4 atom stereocenters. The molecule has 7 heteroatoms. The third-order valence-electron chi connectivity index (χ3n) is 6.24. The summed E-state index contributed by atoms with van der Waals surface area (Å²) in [4.78, 5) is 14.0.